The fourth-order valence-electron chi connectivity index (χ4n) is 2.16. The van der Waals surface area contributed by atoms with Crippen molar-refractivity contribution < 1.29 is 13.2 Å². The molecule has 5 nitrogen and oxygen atoms in total. The fraction of sp³-hybridized carbons (Fsp3) is 0.400. The number of benzene rings is 1. The summed E-state index contributed by atoms with van der Waals surface area (Å²) >= 11 is 1.58. The van der Waals surface area contributed by atoms with E-state index >= 15 is 0 Å². The van der Waals surface area contributed by atoms with E-state index in [4.69, 9.17) is 4.74 Å². The summed E-state index contributed by atoms with van der Waals surface area (Å²) in [5.74, 6) is 0.690. The lowest BCUT2D eigenvalue weighted by Gasteiger charge is -2.12. The minimum absolute atomic E-state index is 0.293. The highest BCUT2D eigenvalue weighted by molar-refractivity contribution is 7.89. The van der Waals surface area contributed by atoms with Gasteiger partial charge in [0, 0.05) is 24.0 Å². The van der Waals surface area contributed by atoms with Crippen molar-refractivity contribution >= 4 is 21.4 Å². The second-order valence-electron chi connectivity index (χ2n) is 5.10. The lowest BCUT2D eigenvalue weighted by Crippen LogP contribution is -2.26. The largest absolute Gasteiger partial charge is 0.496 e. The Bertz CT molecular complexity index is 767. The molecule has 0 amide bonds. The van der Waals surface area contributed by atoms with Gasteiger partial charge in [0.25, 0.3) is 0 Å². The molecule has 0 aliphatic rings. The fourth-order valence-corrected chi connectivity index (χ4v) is 4.29. The Hall–Kier alpha value is -1.44. The highest BCUT2D eigenvalue weighted by atomic mass is 32.2. The number of hydrogen-bond acceptors (Lipinski definition) is 5. The molecule has 0 atom stereocenters. The highest BCUT2D eigenvalue weighted by Gasteiger charge is 2.18. The van der Waals surface area contributed by atoms with Gasteiger partial charge in [-0.1, -0.05) is 0 Å². The molecular weight excluding hydrogens is 320 g/mol. The molecule has 0 unspecified atom stereocenters. The van der Waals surface area contributed by atoms with Crippen LogP contribution in [0.15, 0.2) is 23.2 Å². The first-order valence-corrected chi connectivity index (χ1v) is 9.19. The Morgan fingerprint density at radius 1 is 1.23 bits per heavy atom. The maximum atomic E-state index is 12.4. The van der Waals surface area contributed by atoms with Crippen molar-refractivity contribution in [1.29, 1.82) is 0 Å². The van der Waals surface area contributed by atoms with Crippen molar-refractivity contribution in [3.05, 3.63) is 39.3 Å². The number of aromatic nitrogens is 1. The summed E-state index contributed by atoms with van der Waals surface area (Å²) in [4.78, 5) is 5.65. The van der Waals surface area contributed by atoms with Crippen LogP contribution in [-0.2, 0) is 16.4 Å². The molecule has 0 aliphatic heterocycles. The number of ether oxygens (including phenoxy) is 1. The van der Waals surface area contributed by atoms with Gasteiger partial charge in [0.1, 0.15) is 5.75 Å². The van der Waals surface area contributed by atoms with Gasteiger partial charge in [-0.25, -0.2) is 18.1 Å². The van der Waals surface area contributed by atoms with Crippen LogP contribution in [0, 0.1) is 20.8 Å². The molecule has 0 radical (unpaired) electrons. The molecule has 0 fully saturated rings. The molecule has 2 aromatic rings. The van der Waals surface area contributed by atoms with Gasteiger partial charge in [0.2, 0.25) is 10.0 Å². The molecule has 1 aromatic carbocycles. The summed E-state index contributed by atoms with van der Waals surface area (Å²) in [6.45, 7) is 5.91. The minimum Gasteiger partial charge on any atom is -0.496 e. The Morgan fingerprint density at radius 2 is 1.95 bits per heavy atom. The van der Waals surface area contributed by atoms with E-state index in [2.05, 4.69) is 9.71 Å². The molecule has 0 spiro atoms. The topological polar surface area (TPSA) is 68.3 Å². The zero-order valence-corrected chi connectivity index (χ0v) is 14.8. The van der Waals surface area contributed by atoms with E-state index in [0.717, 1.165) is 15.4 Å². The molecule has 1 heterocycles. The van der Waals surface area contributed by atoms with Gasteiger partial charge in [0.05, 0.1) is 17.0 Å². The summed E-state index contributed by atoms with van der Waals surface area (Å²) in [6, 6.07) is 3.39. The van der Waals surface area contributed by atoms with Crippen LogP contribution >= 0.6 is 11.3 Å². The number of nitrogens with one attached hydrogen (secondary N) is 1. The molecule has 7 heteroatoms. The summed E-state index contributed by atoms with van der Waals surface area (Å²) in [5.41, 5.74) is 1.46. The number of rotatable bonds is 6. The molecular formula is C15H20N2O3S2. The average Bonchev–Trinajstić information content (AvgIpc) is 2.86. The second-order valence-corrected chi connectivity index (χ2v) is 8.15. The monoisotopic (exact) mass is 340 g/mol. The van der Waals surface area contributed by atoms with Crippen LogP contribution in [-0.4, -0.2) is 27.1 Å². The van der Waals surface area contributed by atoms with Crippen molar-refractivity contribution in [2.45, 2.75) is 32.1 Å². The molecule has 0 saturated heterocycles. The van der Waals surface area contributed by atoms with Crippen LogP contribution in [0.2, 0.25) is 0 Å². The number of methoxy groups -OCH3 is 1. The van der Waals surface area contributed by atoms with Gasteiger partial charge in [0.15, 0.2) is 0 Å². The lowest BCUT2D eigenvalue weighted by atomic mass is 10.1. The average molecular weight is 340 g/mol. The zero-order valence-electron chi connectivity index (χ0n) is 13.1. The van der Waals surface area contributed by atoms with Crippen molar-refractivity contribution in [1.82, 2.24) is 9.71 Å². The summed E-state index contributed by atoms with van der Waals surface area (Å²) < 4.78 is 32.7. The van der Waals surface area contributed by atoms with Gasteiger partial charge >= 0.3 is 0 Å². The summed E-state index contributed by atoms with van der Waals surface area (Å²) in [7, 11) is -1.96. The van der Waals surface area contributed by atoms with Crippen molar-refractivity contribution in [3.8, 4) is 5.75 Å². The van der Waals surface area contributed by atoms with Gasteiger partial charge < -0.3 is 4.74 Å². The van der Waals surface area contributed by atoms with Crippen LogP contribution in [0.5, 0.6) is 5.75 Å². The number of sulfonamides is 1. The molecule has 1 aromatic heterocycles. The molecule has 0 aliphatic carbocycles. The third-order valence-electron chi connectivity index (χ3n) is 3.28. The Kier molecular flexibility index (Phi) is 5.20. The minimum atomic E-state index is -3.53. The van der Waals surface area contributed by atoms with E-state index < -0.39 is 10.0 Å². The predicted octanol–water partition coefficient (Wildman–Crippen LogP) is 2.60. The quantitative estimate of drug-likeness (QED) is 0.878. The molecule has 1 N–H and O–H groups in total. The third kappa shape index (κ3) is 3.85. The normalized spacial score (nSPS) is 11.6. The van der Waals surface area contributed by atoms with Crippen molar-refractivity contribution in [3.63, 3.8) is 0 Å². The number of aryl methyl sites for hydroxylation is 3. The standard InChI is InChI=1S/C15H20N2O3S2/c1-10-8-14(11(2)7-13(10)20-4)22(18,19)17-6-5-15-16-9-12(3)21-15/h7-9,17H,5-6H2,1-4H3. The highest BCUT2D eigenvalue weighted by Crippen LogP contribution is 2.25. The third-order valence-corrected chi connectivity index (χ3v) is 5.86. The van der Waals surface area contributed by atoms with E-state index in [-0.39, 0.29) is 0 Å². The SMILES string of the molecule is COc1cc(C)c(S(=O)(=O)NCCc2ncc(C)s2)cc1C. The Morgan fingerprint density at radius 3 is 2.55 bits per heavy atom. The first-order chi connectivity index (χ1) is 10.3. The van der Waals surface area contributed by atoms with Crippen molar-refractivity contribution in [2.75, 3.05) is 13.7 Å². The summed E-state index contributed by atoms with van der Waals surface area (Å²) in [5, 5.41) is 0.933. The number of nitrogens with zero attached hydrogens (tertiary/aromatic N) is 1. The number of hydrogen-bond donors (Lipinski definition) is 1. The summed E-state index contributed by atoms with van der Waals surface area (Å²) in [6.07, 6.45) is 2.39. The zero-order chi connectivity index (χ0) is 16.3. The van der Waals surface area contributed by atoms with Gasteiger partial charge in [-0.05, 0) is 44.0 Å². The number of thiazole rings is 1. The Balaban J connectivity index is 2.11. The molecule has 0 saturated carbocycles. The van der Waals surface area contributed by atoms with Crippen LogP contribution in [0.3, 0.4) is 0 Å². The van der Waals surface area contributed by atoms with Crippen LogP contribution in [0.1, 0.15) is 21.0 Å². The van der Waals surface area contributed by atoms with E-state index in [1.54, 1.807) is 43.7 Å². The first kappa shape index (κ1) is 16.9. The molecule has 22 heavy (non-hydrogen) atoms. The van der Waals surface area contributed by atoms with E-state index in [1.165, 1.54) is 0 Å². The molecule has 0 bridgehead atoms. The molecule has 120 valence electrons. The van der Waals surface area contributed by atoms with Gasteiger partial charge in [-0.2, -0.15) is 0 Å². The Labute approximate surface area is 135 Å². The van der Waals surface area contributed by atoms with Crippen LogP contribution < -0.4 is 9.46 Å². The van der Waals surface area contributed by atoms with E-state index in [0.29, 0.717) is 29.2 Å². The van der Waals surface area contributed by atoms with Gasteiger partial charge in [-0.3, -0.25) is 0 Å². The van der Waals surface area contributed by atoms with Crippen LogP contribution in [0.25, 0.3) is 0 Å². The smallest absolute Gasteiger partial charge is 0.240 e. The maximum absolute atomic E-state index is 12.4. The first-order valence-electron chi connectivity index (χ1n) is 6.89. The van der Waals surface area contributed by atoms with E-state index in [1.807, 2.05) is 13.8 Å². The second kappa shape index (κ2) is 6.76. The lowest BCUT2D eigenvalue weighted by molar-refractivity contribution is 0.411. The van der Waals surface area contributed by atoms with Crippen molar-refractivity contribution in [2.24, 2.45) is 0 Å². The maximum Gasteiger partial charge on any atom is 0.240 e. The van der Waals surface area contributed by atoms with Gasteiger partial charge in [-0.15, -0.1) is 11.3 Å². The predicted molar refractivity (Wildman–Crippen MR) is 88.2 cm³/mol. The molecule has 2 rings (SSSR count). The van der Waals surface area contributed by atoms with Crippen LogP contribution in [0.4, 0.5) is 0 Å². The van der Waals surface area contributed by atoms with E-state index in [9.17, 15) is 8.42 Å².